The third-order valence-corrected chi connectivity index (χ3v) is 3.86. The van der Waals surface area contributed by atoms with Crippen LogP contribution in [0.3, 0.4) is 0 Å². The number of nitrogens with one attached hydrogen (secondary N) is 2. The van der Waals surface area contributed by atoms with Crippen LogP contribution in [-0.2, 0) is 4.74 Å². The molecule has 1 aromatic heterocycles. The number of nitro groups is 1. The van der Waals surface area contributed by atoms with Gasteiger partial charge in [-0.1, -0.05) is 0 Å². The van der Waals surface area contributed by atoms with Gasteiger partial charge in [-0.2, -0.15) is 0 Å². The van der Waals surface area contributed by atoms with Crippen molar-refractivity contribution in [3.05, 3.63) is 27.9 Å². The lowest BCUT2D eigenvalue weighted by Gasteiger charge is -2.45. The summed E-state index contributed by atoms with van der Waals surface area (Å²) in [5.41, 5.74) is 6.13. The number of carbonyl (C=O) groups excluding carboxylic acids is 1. The van der Waals surface area contributed by atoms with Crippen molar-refractivity contribution in [1.82, 2.24) is 10.3 Å². The normalized spacial score (nSPS) is 32.5. The molecule has 4 N–H and O–H groups in total. The van der Waals surface area contributed by atoms with Crippen LogP contribution in [0.2, 0.25) is 0 Å². The molecule has 19 heavy (non-hydrogen) atoms. The summed E-state index contributed by atoms with van der Waals surface area (Å²) < 4.78 is 5.50. The number of nitrogens with two attached hydrogens (primary N) is 1. The molecule has 1 saturated carbocycles. The Bertz CT molecular complexity index is 529. The summed E-state index contributed by atoms with van der Waals surface area (Å²) in [6.45, 7) is 0.670. The number of aromatic amines is 1. The van der Waals surface area contributed by atoms with Crippen molar-refractivity contribution in [3.63, 3.8) is 0 Å². The molecule has 8 nitrogen and oxygen atoms in total. The zero-order chi connectivity index (χ0) is 13.6. The first kappa shape index (κ1) is 12.1. The Morgan fingerprint density at radius 1 is 1.58 bits per heavy atom. The van der Waals surface area contributed by atoms with Crippen molar-refractivity contribution in [2.75, 3.05) is 6.61 Å². The van der Waals surface area contributed by atoms with Crippen molar-refractivity contribution in [1.29, 1.82) is 0 Å². The minimum Gasteiger partial charge on any atom is -0.376 e. The molecule has 1 aliphatic carbocycles. The average Bonchev–Trinajstić information content (AvgIpc) is 3.02. The van der Waals surface area contributed by atoms with Crippen LogP contribution in [0.15, 0.2) is 12.1 Å². The molecular formula is C11H14N4O4. The number of rotatable bonds is 3. The van der Waals surface area contributed by atoms with Crippen molar-refractivity contribution < 1.29 is 14.5 Å². The van der Waals surface area contributed by atoms with Crippen LogP contribution < -0.4 is 11.1 Å². The van der Waals surface area contributed by atoms with E-state index in [1.165, 1.54) is 12.1 Å². The molecule has 0 bridgehead atoms. The molecule has 4 unspecified atom stereocenters. The molecule has 0 aromatic carbocycles. The van der Waals surface area contributed by atoms with Crippen LogP contribution in [0, 0.1) is 16.0 Å². The highest BCUT2D eigenvalue weighted by Gasteiger charge is 2.52. The maximum absolute atomic E-state index is 11.9. The van der Waals surface area contributed by atoms with Crippen LogP contribution >= 0.6 is 0 Å². The minimum absolute atomic E-state index is 0.0242. The van der Waals surface area contributed by atoms with Crippen molar-refractivity contribution >= 4 is 11.7 Å². The van der Waals surface area contributed by atoms with Crippen molar-refractivity contribution in [2.24, 2.45) is 11.7 Å². The second-order valence-electron chi connectivity index (χ2n) is 4.88. The fraction of sp³-hybridized carbons (Fsp3) is 0.545. The van der Waals surface area contributed by atoms with E-state index in [0.29, 0.717) is 12.5 Å². The summed E-state index contributed by atoms with van der Waals surface area (Å²) in [6, 6.07) is 2.30. The molecular weight excluding hydrogens is 252 g/mol. The van der Waals surface area contributed by atoms with Crippen molar-refractivity contribution in [3.8, 4) is 0 Å². The number of hydrogen-bond donors (Lipinski definition) is 3. The van der Waals surface area contributed by atoms with Crippen LogP contribution in [0.25, 0.3) is 0 Å². The molecule has 8 heteroatoms. The highest BCUT2D eigenvalue weighted by molar-refractivity contribution is 5.93. The summed E-state index contributed by atoms with van der Waals surface area (Å²) in [5, 5.41) is 13.3. The smallest absolute Gasteiger partial charge is 0.321 e. The molecule has 1 aliphatic heterocycles. The first-order valence-corrected chi connectivity index (χ1v) is 6.09. The summed E-state index contributed by atoms with van der Waals surface area (Å²) in [6.07, 6.45) is 0.899. The predicted molar refractivity (Wildman–Crippen MR) is 64.5 cm³/mol. The van der Waals surface area contributed by atoms with Gasteiger partial charge in [-0.05, 0) is 17.4 Å². The van der Waals surface area contributed by atoms with E-state index in [0.717, 1.165) is 6.42 Å². The van der Waals surface area contributed by atoms with E-state index in [1.807, 2.05) is 0 Å². The van der Waals surface area contributed by atoms with Crippen LogP contribution in [-0.4, -0.2) is 40.6 Å². The first-order valence-electron chi connectivity index (χ1n) is 6.09. The van der Waals surface area contributed by atoms with Crippen LogP contribution in [0.4, 0.5) is 5.82 Å². The number of ether oxygens (including phenoxy) is 1. The summed E-state index contributed by atoms with van der Waals surface area (Å²) in [5.74, 6) is -0.302. The van der Waals surface area contributed by atoms with Gasteiger partial charge in [0.2, 0.25) is 0 Å². The molecule has 1 aromatic rings. The fourth-order valence-corrected chi connectivity index (χ4v) is 2.78. The van der Waals surface area contributed by atoms with E-state index in [-0.39, 0.29) is 29.7 Å². The third-order valence-electron chi connectivity index (χ3n) is 3.86. The fourth-order valence-electron chi connectivity index (χ4n) is 2.78. The van der Waals surface area contributed by atoms with Gasteiger partial charge in [-0.15, -0.1) is 0 Å². The summed E-state index contributed by atoms with van der Waals surface area (Å²) in [4.78, 5) is 24.3. The Balaban J connectivity index is 1.66. The van der Waals surface area contributed by atoms with Gasteiger partial charge in [-0.25, -0.2) is 4.98 Å². The van der Waals surface area contributed by atoms with E-state index in [4.69, 9.17) is 10.5 Å². The van der Waals surface area contributed by atoms with Crippen LogP contribution in [0.5, 0.6) is 0 Å². The number of nitrogens with zero attached hydrogens (tertiary/aromatic N) is 1. The molecule has 4 atom stereocenters. The van der Waals surface area contributed by atoms with Gasteiger partial charge in [0.15, 0.2) is 5.69 Å². The highest BCUT2D eigenvalue weighted by atomic mass is 16.6. The maximum Gasteiger partial charge on any atom is 0.321 e. The second kappa shape index (κ2) is 4.32. The number of carbonyl (C=O) groups is 1. The van der Waals surface area contributed by atoms with Gasteiger partial charge < -0.3 is 25.9 Å². The minimum atomic E-state index is -0.581. The quantitative estimate of drug-likeness (QED) is 0.515. The number of H-pyrrole nitrogens is 1. The van der Waals surface area contributed by atoms with Gasteiger partial charge in [0.25, 0.3) is 5.91 Å². The Kier molecular flexibility index (Phi) is 2.76. The molecule has 2 heterocycles. The number of fused-ring (bicyclic) bond motifs is 1. The van der Waals surface area contributed by atoms with E-state index in [2.05, 4.69) is 10.3 Å². The lowest BCUT2D eigenvalue weighted by Crippen LogP contribution is -2.68. The Morgan fingerprint density at radius 3 is 3.05 bits per heavy atom. The Labute approximate surface area is 108 Å². The number of aromatic nitrogens is 1. The highest BCUT2D eigenvalue weighted by Crippen LogP contribution is 2.37. The Morgan fingerprint density at radius 2 is 2.37 bits per heavy atom. The van der Waals surface area contributed by atoms with Gasteiger partial charge in [0.05, 0.1) is 12.1 Å². The molecule has 0 spiro atoms. The third kappa shape index (κ3) is 1.89. The Hall–Kier alpha value is -1.93. The molecule has 2 aliphatic rings. The van der Waals surface area contributed by atoms with Gasteiger partial charge in [0, 0.05) is 24.6 Å². The topological polar surface area (TPSA) is 123 Å². The predicted octanol–water partition coefficient (Wildman–Crippen LogP) is -0.233. The lowest BCUT2D eigenvalue weighted by atomic mass is 9.72. The first-order chi connectivity index (χ1) is 9.08. The van der Waals surface area contributed by atoms with Gasteiger partial charge >= 0.3 is 5.82 Å². The van der Waals surface area contributed by atoms with E-state index in [9.17, 15) is 14.9 Å². The van der Waals surface area contributed by atoms with Crippen molar-refractivity contribution in [2.45, 2.75) is 24.6 Å². The molecule has 3 rings (SSSR count). The number of hydrogen-bond acceptors (Lipinski definition) is 5. The van der Waals surface area contributed by atoms with E-state index in [1.54, 1.807) is 0 Å². The standard InChI is InChI=1S/C11H14N4O4/c12-8-5-3-4-19-10(5)9(8)14-11(16)6-1-2-7(13-6)15(17)18/h1-2,5,8-10,13H,3-4,12H2,(H,14,16). The van der Waals surface area contributed by atoms with Crippen LogP contribution in [0.1, 0.15) is 16.9 Å². The largest absolute Gasteiger partial charge is 0.376 e. The monoisotopic (exact) mass is 266 g/mol. The zero-order valence-electron chi connectivity index (χ0n) is 10.0. The van der Waals surface area contributed by atoms with E-state index < -0.39 is 10.8 Å². The SMILES string of the molecule is NC1C2CCOC2C1NC(=O)c1ccc([N+](=O)[O-])[nH]1. The van der Waals surface area contributed by atoms with E-state index >= 15 is 0 Å². The molecule has 2 fully saturated rings. The van der Waals surface area contributed by atoms with Gasteiger partial charge in [-0.3, -0.25) is 4.79 Å². The molecule has 1 amide bonds. The maximum atomic E-state index is 11.9. The molecule has 1 saturated heterocycles. The van der Waals surface area contributed by atoms with Gasteiger partial charge in [0.1, 0.15) is 0 Å². The molecule has 102 valence electrons. The number of amides is 1. The average molecular weight is 266 g/mol. The summed E-state index contributed by atoms with van der Waals surface area (Å²) >= 11 is 0. The zero-order valence-corrected chi connectivity index (χ0v) is 10.0. The lowest BCUT2D eigenvalue weighted by molar-refractivity contribution is -0.389. The molecule has 0 radical (unpaired) electrons. The second-order valence-corrected chi connectivity index (χ2v) is 4.88. The summed E-state index contributed by atoms with van der Waals surface area (Å²) in [7, 11) is 0.